The molecule has 7 atom stereocenters. The van der Waals surface area contributed by atoms with Crippen LogP contribution in [0.15, 0.2) is 170 Å². The van der Waals surface area contributed by atoms with Gasteiger partial charge in [-0.25, -0.2) is 0 Å². The van der Waals surface area contributed by atoms with Crippen molar-refractivity contribution in [2.75, 3.05) is 13.2 Å². The normalized spacial score (nSPS) is 19.8. The zero-order valence-electron chi connectivity index (χ0n) is 49.3. The second-order valence-electron chi connectivity index (χ2n) is 20.4. The Labute approximate surface area is 481 Å². The van der Waals surface area contributed by atoms with Crippen LogP contribution in [-0.4, -0.2) is 87.5 Å². The van der Waals surface area contributed by atoms with Crippen LogP contribution in [0.1, 0.15) is 206 Å². The first-order chi connectivity index (χ1) is 38.8. The molecule has 1 amide bonds. The molecule has 0 radical (unpaired) electrons. The molecule has 7 unspecified atom stereocenters. The number of hydrogen-bond acceptors (Lipinski definition) is 8. The van der Waals surface area contributed by atoms with Gasteiger partial charge in [0, 0.05) is 6.42 Å². The fourth-order valence-electron chi connectivity index (χ4n) is 8.43. The Kier molecular flexibility index (Phi) is 52.2. The Morgan fingerprint density at radius 3 is 1.22 bits per heavy atom. The van der Waals surface area contributed by atoms with E-state index in [4.69, 9.17) is 9.47 Å². The van der Waals surface area contributed by atoms with E-state index >= 15 is 0 Å². The number of aliphatic hydroxyl groups is 5. The molecule has 0 aliphatic carbocycles. The predicted molar refractivity (Wildman–Crippen MR) is 335 cm³/mol. The average molecular weight is 1090 g/mol. The smallest absolute Gasteiger partial charge is 0.220 e. The summed E-state index contributed by atoms with van der Waals surface area (Å²) in [6.07, 6.45) is 84.2. The summed E-state index contributed by atoms with van der Waals surface area (Å²) in [5, 5.41) is 54.5. The van der Waals surface area contributed by atoms with Crippen molar-refractivity contribution in [1.82, 2.24) is 5.32 Å². The largest absolute Gasteiger partial charge is 0.394 e. The van der Waals surface area contributed by atoms with Gasteiger partial charge in [0.25, 0.3) is 0 Å². The van der Waals surface area contributed by atoms with E-state index < -0.39 is 49.5 Å². The van der Waals surface area contributed by atoms with E-state index in [0.717, 1.165) is 128 Å². The number of nitrogens with one attached hydrogen (secondary N) is 1. The van der Waals surface area contributed by atoms with Crippen molar-refractivity contribution >= 4 is 5.91 Å². The minimum Gasteiger partial charge on any atom is -0.394 e. The number of allylic oxidation sites excluding steroid dienone is 27. The minimum absolute atomic E-state index is 0.218. The van der Waals surface area contributed by atoms with Crippen molar-refractivity contribution in [3.8, 4) is 0 Å². The van der Waals surface area contributed by atoms with E-state index in [9.17, 15) is 30.3 Å². The van der Waals surface area contributed by atoms with Crippen LogP contribution in [0.2, 0.25) is 0 Å². The molecule has 444 valence electrons. The van der Waals surface area contributed by atoms with E-state index in [1.165, 1.54) is 44.9 Å². The third-order valence-electron chi connectivity index (χ3n) is 13.3. The summed E-state index contributed by atoms with van der Waals surface area (Å²) >= 11 is 0. The molecular weight excluding hydrogens is 983 g/mol. The zero-order chi connectivity index (χ0) is 57.2. The van der Waals surface area contributed by atoms with E-state index in [2.05, 4.69) is 177 Å². The first kappa shape index (κ1) is 72.6. The van der Waals surface area contributed by atoms with Gasteiger partial charge in [0.1, 0.15) is 24.4 Å². The van der Waals surface area contributed by atoms with Crippen molar-refractivity contribution in [2.24, 2.45) is 0 Å². The molecule has 0 aromatic heterocycles. The SMILES string of the molecule is CC/C=C\C/C=C\C/C=C\C/C=C\C/C=C\C/C=C\C/C=C\C/C=C\C/C=C\C/C=C\C/C=C\CCCCCCCC(=O)NC(COC1OC(CO)C(O)C(O)C1O)C(O)/C=C/CC/C=C/CC/C=C/CCCCCCCCC. The Morgan fingerprint density at radius 2 is 0.797 bits per heavy atom. The molecule has 1 rings (SSSR count). The average Bonchev–Trinajstić information content (AvgIpc) is 3.48. The number of carbonyl (C=O) groups is 1. The molecule has 9 nitrogen and oxygen atoms in total. The van der Waals surface area contributed by atoms with Crippen LogP contribution < -0.4 is 5.32 Å². The lowest BCUT2D eigenvalue weighted by Gasteiger charge is -2.40. The standard InChI is InChI=1S/C70H111NO8/c1-3-5-7-9-11-13-15-17-19-21-22-23-24-25-26-27-28-29-30-31-32-33-34-35-36-37-38-39-40-41-42-44-46-48-50-52-54-56-58-60-66(74)71-63(62-78-70-69(77)68(76)67(75)65(61-72)79-70)64(73)59-57-55-53-51-49-47-45-43-20-18-16-14-12-10-8-6-4-2/h5,7,11,13,17,19-20,22-23,25-26,28-29,31-32,34-35,37-38,40-41,43-44,46,49,51,57,59,63-65,67-70,72-73,75-77H,3-4,6,8-10,12,14-16,18,21,24,27,30,33,36,39,42,45,47-48,50,52-56,58,60-62H2,1-2H3,(H,71,74)/b7-5-,13-11-,19-17-,23-22-,26-25-,29-28-,32-31-,35-34-,38-37-,41-40-,43-20+,46-44-,51-49+,59-57+. The highest BCUT2D eigenvalue weighted by Crippen LogP contribution is 2.22. The number of hydrogen-bond donors (Lipinski definition) is 6. The Hall–Kier alpha value is -4.45. The maximum Gasteiger partial charge on any atom is 0.220 e. The van der Waals surface area contributed by atoms with Crippen molar-refractivity contribution in [3.63, 3.8) is 0 Å². The molecule has 0 aromatic carbocycles. The monoisotopic (exact) mass is 1090 g/mol. The summed E-state index contributed by atoms with van der Waals surface area (Å²) < 4.78 is 11.2. The maximum atomic E-state index is 13.1. The van der Waals surface area contributed by atoms with Gasteiger partial charge in [-0.05, 0) is 128 Å². The van der Waals surface area contributed by atoms with Crippen LogP contribution in [0.25, 0.3) is 0 Å². The number of aliphatic hydroxyl groups excluding tert-OH is 5. The fourth-order valence-corrected chi connectivity index (χ4v) is 8.43. The highest BCUT2D eigenvalue weighted by molar-refractivity contribution is 5.76. The summed E-state index contributed by atoms with van der Waals surface area (Å²) in [6.45, 7) is 3.60. The van der Waals surface area contributed by atoms with Crippen LogP contribution >= 0.6 is 0 Å². The Morgan fingerprint density at radius 1 is 0.443 bits per heavy atom. The van der Waals surface area contributed by atoms with Gasteiger partial charge >= 0.3 is 0 Å². The van der Waals surface area contributed by atoms with Crippen molar-refractivity contribution in [3.05, 3.63) is 170 Å². The van der Waals surface area contributed by atoms with Gasteiger partial charge < -0.3 is 40.3 Å². The van der Waals surface area contributed by atoms with Gasteiger partial charge in [0.2, 0.25) is 5.91 Å². The quantitative estimate of drug-likeness (QED) is 0.0261. The third kappa shape index (κ3) is 45.9. The highest BCUT2D eigenvalue weighted by atomic mass is 16.7. The molecule has 0 aromatic rings. The van der Waals surface area contributed by atoms with Gasteiger partial charge in [-0.3, -0.25) is 4.79 Å². The van der Waals surface area contributed by atoms with Gasteiger partial charge in [0.05, 0.1) is 25.4 Å². The summed E-state index contributed by atoms with van der Waals surface area (Å²) in [4.78, 5) is 13.1. The second kappa shape index (κ2) is 56.8. The zero-order valence-corrected chi connectivity index (χ0v) is 49.3. The molecular formula is C70H111NO8. The summed E-state index contributed by atoms with van der Waals surface area (Å²) in [5.41, 5.74) is 0. The second-order valence-corrected chi connectivity index (χ2v) is 20.4. The molecule has 1 heterocycles. The van der Waals surface area contributed by atoms with Gasteiger partial charge in [-0.15, -0.1) is 0 Å². The molecule has 9 heteroatoms. The van der Waals surface area contributed by atoms with Crippen LogP contribution in [-0.2, 0) is 14.3 Å². The van der Waals surface area contributed by atoms with Gasteiger partial charge in [0.15, 0.2) is 6.29 Å². The summed E-state index contributed by atoms with van der Waals surface area (Å²) in [6, 6.07) is -0.852. The van der Waals surface area contributed by atoms with Gasteiger partial charge in [-0.1, -0.05) is 242 Å². The molecule has 79 heavy (non-hydrogen) atoms. The topological polar surface area (TPSA) is 149 Å². The lowest BCUT2D eigenvalue weighted by atomic mass is 9.99. The molecule has 1 fully saturated rings. The first-order valence-electron chi connectivity index (χ1n) is 30.9. The van der Waals surface area contributed by atoms with Crippen molar-refractivity contribution in [2.45, 2.75) is 249 Å². The Balaban J connectivity index is 2.23. The molecule has 6 N–H and O–H groups in total. The molecule has 1 saturated heterocycles. The number of rotatable bonds is 50. The van der Waals surface area contributed by atoms with Gasteiger partial charge in [-0.2, -0.15) is 0 Å². The van der Waals surface area contributed by atoms with Crippen LogP contribution in [0.3, 0.4) is 0 Å². The predicted octanol–water partition coefficient (Wildman–Crippen LogP) is 16.2. The number of amides is 1. The molecule has 0 spiro atoms. The van der Waals surface area contributed by atoms with E-state index in [-0.39, 0.29) is 12.5 Å². The number of ether oxygens (including phenoxy) is 2. The Bertz CT molecular complexity index is 1840. The minimum atomic E-state index is -1.59. The summed E-state index contributed by atoms with van der Waals surface area (Å²) in [7, 11) is 0. The van der Waals surface area contributed by atoms with E-state index in [0.29, 0.717) is 19.3 Å². The molecule has 0 bridgehead atoms. The van der Waals surface area contributed by atoms with E-state index in [1.807, 2.05) is 6.08 Å². The lowest BCUT2D eigenvalue weighted by molar-refractivity contribution is -0.302. The lowest BCUT2D eigenvalue weighted by Crippen LogP contribution is -2.60. The maximum absolute atomic E-state index is 13.1. The van der Waals surface area contributed by atoms with Crippen LogP contribution in [0.5, 0.6) is 0 Å². The van der Waals surface area contributed by atoms with Crippen LogP contribution in [0.4, 0.5) is 0 Å². The third-order valence-corrected chi connectivity index (χ3v) is 13.3. The molecule has 1 aliphatic rings. The van der Waals surface area contributed by atoms with Crippen LogP contribution in [0, 0.1) is 0 Å². The highest BCUT2D eigenvalue weighted by Gasteiger charge is 2.44. The summed E-state index contributed by atoms with van der Waals surface area (Å²) in [5.74, 6) is -0.218. The number of unbranched alkanes of at least 4 members (excludes halogenated alkanes) is 14. The molecule has 1 aliphatic heterocycles. The fraction of sp³-hybridized carbons (Fsp3) is 0.586. The number of carbonyl (C=O) groups excluding carboxylic acids is 1. The van der Waals surface area contributed by atoms with Crippen molar-refractivity contribution < 1.29 is 39.8 Å². The first-order valence-corrected chi connectivity index (χ1v) is 30.9. The van der Waals surface area contributed by atoms with E-state index in [1.54, 1.807) is 6.08 Å². The van der Waals surface area contributed by atoms with Crippen molar-refractivity contribution in [1.29, 1.82) is 0 Å². The molecule has 0 saturated carbocycles.